The molecule has 1 N–H and O–H groups in total. The van der Waals surface area contributed by atoms with Crippen LogP contribution in [-0.4, -0.2) is 48.8 Å². The minimum atomic E-state index is 0.481. The number of hydrogen-bond acceptors (Lipinski definition) is 3. The van der Waals surface area contributed by atoms with Gasteiger partial charge in [-0.25, -0.2) is 0 Å². The zero-order valence-corrected chi connectivity index (χ0v) is 13.2. The Kier molecular flexibility index (Phi) is 5.00. The molecule has 1 aliphatic carbocycles. The lowest BCUT2D eigenvalue weighted by Gasteiger charge is -2.54. The highest BCUT2D eigenvalue weighted by Crippen LogP contribution is 2.38. The van der Waals surface area contributed by atoms with Crippen LogP contribution in [-0.2, 0) is 4.74 Å². The quantitative estimate of drug-likeness (QED) is 0.860. The molecule has 0 amide bonds. The van der Waals surface area contributed by atoms with Crippen molar-refractivity contribution >= 4 is 0 Å². The maximum absolute atomic E-state index is 5.97. The monoisotopic (exact) mass is 280 g/mol. The van der Waals surface area contributed by atoms with Crippen molar-refractivity contribution in [2.45, 2.75) is 82.4 Å². The van der Waals surface area contributed by atoms with Gasteiger partial charge in [0.25, 0.3) is 0 Å². The summed E-state index contributed by atoms with van der Waals surface area (Å²) >= 11 is 0. The van der Waals surface area contributed by atoms with Crippen LogP contribution >= 0.6 is 0 Å². The van der Waals surface area contributed by atoms with Crippen molar-refractivity contribution in [3.8, 4) is 0 Å². The Labute approximate surface area is 124 Å². The highest BCUT2D eigenvalue weighted by molar-refractivity contribution is 5.01. The summed E-state index contributed by atoms with van der Waals surface area (Å²) in [7, 11) is 0. The molecule has 0 radical (unpaired) electrons. The van der Waals surface area contributed by atoms with E-state index in [0.29, 0.717) is 11.6 Å². The predicted molar refractivity (Wildman–Crippen MR) is 83.1 cm³/mol. The standard InChI is InChI=1S/C17H32N2O/c1-2-6-16-13-15(7-12-20-16)19-11-10-18-14-17(19)8-4-3-5-9-17/h15-16,18H,2-14H2,1H3. The van der Waals surface area contributed by atoms with Crippen LogP contribution in [0.15, 0.2) is 0 Å². The summed E-state index contributed by atoms with van der Waals surface area (Å²) in [4.78, 5) is 2.91. The molecule has 0 bridgehead atoms. The van der Waals surface area contributed by atoms with Crippen molar-refractivity contribution in [1.82, 2.24) is 10.2 Å². The SMILES string of the molecule is CCCC1CC(N2CCNCC23CCCCC3)CCO1. The Bertz CT molecular complexity index is 291. The Morgan fingerprint density at radius 3 is 2.90 bits per heavy atom. The maximum Gasteiger partial charge on any atom is 0.0590 e. The van der Waals surface area contributed by atoms with Gasteiger partial charge in [0.15, 0.2) is 0 Å². The van der Waals surface area contributed by atoms with Gasteiger partial charge in [0.1, 0.15) is 0 Å². The van der Waals surface area contributed by atoms with E-state index in [4.69, 9.17) is 4.74 Å². The van der Waals surface area contributed by atoms with Gasteiger partial charge < -0.3 is 10.1 Å². The summed E-state index contributed by atoms with van der Waals surface area (Å²) in [6, 6.07) is 0.778. The van der Waals surface area contributed by atoms with Crippen molar-refractivity contribution in [2.75, 3.05) is 26.2 Å². The van der Waals surface area contributed by atoms with Gasteiger partial charge in [-0.1, -0.05) is 32.6 Å². The molecule has 2 saturated heterocycles. The molecule has 20 heavy (non-hydrogen) atoms. The van der Waals surface area contributed by atoms with Crippen molar-refractivity contribution in [3.63, 3.8) is 0 Å². The lowest BCUT2D eigenvalue weighted by Crippen LogP contribution is -2.65. The smallest absolute Gasteiger partial charge is 0.0590 e. The fourth-order valence-electron chi connectivity index (χ4n) is 4.77. The first-order valence-corrected chi connectivity index (χ1v) is 8.93. The van der Waals surface area contributed by atoms with E-state index < -0.39 is 0 Å². The number of rotatable bonds is 3. The van der Waals surface area contributed by atoms with E-state index in [9.17, 15) is 0 Å². The second-order valence-corrected chi connectivity index (χ2v) is 7.11. The lowest BCUT2D eigenvalue weighted by atomic mass is 9.77. The van der Waals surface area contributed by atoms with Crippen LogP contribution in [0.5, 0.6) is 0 Å². The van der Waals surface area contributed by atoms with Crippen LogP contribution < -0.4 is 5.32 Å². The minimum absolute atomic E-state index is 0.481. The van der Waals surface area contributed by atoms with Crippen molar-refractivity contribution < 1.29 is 4.74 Å². The largest absolute Gasteiger partial charge is 0.378 e. The molecular formula is C17H32N2O. The Hall–Kier alpha value is -0.120. The highest BCUT2D eigenvalue weighted by atomic mass is 16.5. The van der Waals surface area contributed by atoms with Gasteiger partial charge in [-0.05, 0) is 32.1 Å². The van der Waals surface area contributed by atoms with E-state index in [1.54, 1.807) is 0 Å². The highest BCUT2D eigenvalue weighted by Gasteiger charge is 2.43. The van der Waals surface area contributed by atoms with E-state index >= 15 is 0 Å². The van der Waals surface area contributed by atoms with Crippen molar-refractivity contribution in [3.05, 3.63) is 0 Å². The topological polar surface area (TPSA) is 24.5 Å². The third-order valence-electron chi connectivity index (χ3n) is 5.77. The number of nitrogens with zero attached hydrogens (tertiary/aromatic N) is 1. The molecule has 3 nitrogen and oxygen atoms in total. The van der Waals surface area contributed by atoms with Crippen LogP contribution in [0.25, 0.3) is 0 Å². The average molecular weight is 280 g/mol. The molecule has 3 rings (SSSR count). The van der Waals surface area contributed by atoms with Crippen LogP contribution in [0, 0.1) is 0 Å². The zero-order valence-electron chi connectivity index (χ0n) is 13.2. The molecule has 116 valence electrons. The number of hydrogen-bond donors (Lipinski definition) is 1. The number of ether oxygens (including phenoxy) is 1. The molecule has 1 spiro atoms. The molecular weight excluding hydrogens is 248 g/mol. The summed E-state index contributed by atoms with van der Waals surface area (Å²) in [5.74, 6) is 0. The van der Waals surface area contributed by atoms with Gasteiger partial charge in [-0.3, -0.25) is 4.90 Å². The molecule has 3 fully saturated rings. The van der Waals surface area contributed by atoms with Gasteiger partial charge in [0, 0.05) is 37.8 Å². The summed E-state index contributed by atoms with van der Waals surface area (Å²) in [5, 5.41) is 3.68. The van der Waals surface area contributed by atoms with Crippen molar-refractivity contribution in [2.24, 2.45) is 0 Å². The maximum atomic E-state index is 5.97. The molecule has 2 atom stereocenters. The number of piperazine rings is 1. The van der Waals surface area contributed by atoms with E-state index in [-0.39, 0.29) is 0 Å². The van der Waals surface area contributed by atoms with E-state index in [1.807, 2.05) is 0 Å². The van der Waals surface area contributed by atoms with Gasteiger partial charge in [0.2, 0.25) is 0 Å². The first kappa shape index (κ1) is 14.8. The Morgan fingerprint density at radius 2 is 2.10 bits per heavy atom. The average Bonchev–Trinajstić information content (AvgIpc) is 2.49. The molecule has 2 aliphatic heterocycles. The van der Waals surface area contributed by atoms with E-state index in [0.717, 1.165) is 12.6 Å². The first-order chi connectivity index (χ1) is 9.84. The van der Waals surface area contributed by atoms with Crippen LogP contribution in [0.1, 0.15) is 64.7 Å². The second kappa shape index (κ2) is 6.76. The van der Waals surface area contributed by atoms with Crippen LogP contribution in [0.2, 0.25) is 0 Å². The summed E-state index contributed by atoms with van der Waals surface area (Å²) in [5.41, 5.74) is 0.481. The second-order valence-electron chi connectivity index (χ2n) is 7.11. The third kappa shape index (κ3) is 3.05. The normalized spacial score (nSPS) is 35.2. The van der Waals surface area contributed by atoms with Gasteiger partial charge in [-0.2, -0.15) is 0 Å². The molecule has 3 heteroatoms. The predicted octanol–water partition coefficient (Wildman–Crippen LogP) is 2.94. The lowest BCUT2D eigenvalue weighted by molar-refractivity contribution is -0.0771. The van der Waals surface area contributed by atoms with Crippen LogP contribution in [0.4, 0.5) is 0 Å². The van der Waals surface area contributed by atoms with Gasteiger partial charge >= 0.3 is 0 Å². The fourth-order valence-corrected chi connectivity index (χ4v) is 4.77. The third-order valence-corrected chi connectivity index (χ3v) is 5.77. The Balaban J connectivity index is 1.69. The molecule has 2 unspecified atom stereocenters. The zero-order chi connectivity index (χ0) is 13.8. The molecule has 1 saturated carbocycles. The first-order valence-electron chi connectivity index (χ1n) is 8.93. The molecule has 0 aromatic heterocycles. The van der Waals surface area contributed by atoms with Crippen LogP contribution in [0.3, 0.4) is 0 Å². The molecule has 0 aromatic carbocycles. The van der Waals surface area contributed by atoms with E-state index in [2.05, 4.69) is 17.1 Å². The number of nitrogens with one attached hydrogen (secondary N) is 1. The fraction of sp³-hybridized carbons (Fsp3) is 1.00. The van der Waals surface area contributed by atoms with E-state index in [1.165, 1.54) is 77.4 Å². The summed E-state index contributed by atoms with van der Waals surface area (Å²) in [6.45, 7) is 6.92. The van der Waals surface area contributed by atoms with Gasteiger partial charge in [0.05, 0.1) is 6.10 Å². The summed E-state index contributed by atoms with van der Waals surface area (Å²) in [6.07, 6.45) is 12.7. The molecule has 2 heterocycles. The Morgan fingerprint density at radius 1 is 1.25 bits per heavy atom. The molecule has 3 aliphatic rings. The summed E-state index contributed by atoms with van der Waals surface area (Å²) < 4.78 is 5.97. The minimum Gasteiger partial charge on any atom is -0.378 e. The van der Waals surface area contributed by atoms with Gasteiger partial charge in [-0.15, -0.1) is 0 Å². The van der Waals surface area contributed by atoms with Crippen molar-refractivity contribution in [1.29, 1.82) is 0 Å². The molecule has 0 aromatic rings.